The van der Waals surface area contributed by atoms with Crippen molar-refractivity contribution in [1.29, 1.82) is 0 Å². The first-order chi connectivity index (χ1) is 14.0. The second-order valence-electron chi connectivity index (χ2n) is 7.74. The number of halogens is 2. The van der Waals surface area contributed by atoms with Crippen LogP contribution >= 0.6 is 0 Å². The number of amides is 1. The highest BCUT2D eigenvalue weighted by Crippen LogP contribution is 2.21. The van der Waals surface area contributed by atoms with E-state index >= 15 is 0 Å². The van der Waals surface area contributed by atoms with Gasteiger partial charge >= 0.3 is 0 Å². The number of hydrogen-bond acceptors (Lipinski definition) is 5. The molecule has 3 heterocycles. The van der Waals surface area contributed by atoms with E-state index in [9.17, 15) is 18.4 Å². The molecule has 2 fully saturated rings. The van der Waals surface area contributed by atoms with Gasteiger partial charge in [0.25, 0.3) is 12.0 Å². The van der Waals surface area contributed by atoms with Gasteiger partial charge in [-0.25, -0.2) is 13.8 Å². The average molecular weight is 405 g/mol. The van der Waals surface area contributed by atoms with E-state index < -0.39 is 18.5 Å². The molecule has 0 saturated carbocycles. The minimum atomic E-state index is -2.59. The Morgan fingerprint density at radius 3 is 2.69 bits per heavy atom. The van der Waals surface area contributed by atoms with Crippen LogP contribution in [0.1, 0.15) is 19.3 Å². The summed E-state index contributed by atoms with van der Waals surface area (Å²) in [5.41, 5.74) is 1.05. The lowest BCUT2D eigenvalue weighted by atomic mass is 10.0. The first-order valence-electron chi connectivity index (χ1n) is 10.0. The Balaban J connectivity index is 1.40. The summed E-state index contributed by atoms with van der Waals surface area (Å²) in [6.07, 6.45) is 1.22. The van der Waals surface area contributed by atoms with Gasteiger partial charge in [-0.15, -0.1) is 0 Å². The third-order valence-corrected chi connectivity index (χ3v) is 5.68. The fourth-order valence-corrected chi connectivity index (χ4v) is 4.14. The van der Waals surface area contributed by atoms with Gasteiger partial charge in [0.1, 0.15) is 0 Å². The predicted molar refractivity (Wildman–Crippen MR) is 106 cm³/mol. The van der Waals surface area contributed by atoms with Gasteiger partial charge in [0, 0.05) is 50.9 Å². The Bertz CT molecular complexity index is 940. The molecule has 2 aromatic rings. The molecule has 0 spiro atoms. The molecular weight excluding hydrogens is 380 g/mol. The smallest absolute Gasteiger partial charge is 0.261 e. The minimum Gasteiger partial charge on any atom is -0.369 e. The molecule has 2 aliphatic rings. The Hall–Kier alpha value is -2.55. The molecule has 1 aromatic heterocycles. The van der Waals surface area contributed by atoms with Gasteiger partial charge in [-0.05, 0) is 31.0 Å². The number of rotatable bonds is 5. The second kappa shape index (κ2) is 8.44. The number of carbonyl (C=O) groups is 1. The molecule has 1 N–H and O–H groups in total. The number of nitrogens with zero attached hydrogens (tertiary/aromatic N) is 4. The summed E-state index contributed by atoms with van der Waals surface area (Å²) < 4.78 is 26.1. The number of piperidine rings is 1. The van der Waals surface area contributed by atoms with E-state index in [4.69, 9.17) is 0 Å². The van der Waals surface area contributed by atoms with Crippen molar-refractivity contribution in [3.05, 3.63) is 34.9 Å². The first-order valence-corrected chi connectivity index (χ1v) is 10.0. The lowest BCUT2D eigenvalue weighted by Gasteiger charge is -2.38. The van der Waals surface area contributed by atoms with Crippen molar-refractivity contribution in [1.82, 2.24) is 19.8 Å². The van der Waals surface area contributed by atoms with Crippen LogP contribution in [0.25, 0.3) is 10.9 Å². The third kappa shape index (κ3) is 4.55. The molecule has 1 aromatic carbocycles. The number of nitrogens with one attached hydrogen (secondary N) is 1. The van der Waals surface area contributed by atoms with E-state index in [0.717, 1.165) is 55.8 Å². The van der Waals surface area contributed by atoms with E-state index in [1.165, 1.54) is 6.33 Å². The van der Waals surface area contributed by atoms with Crippen LogP contribution < -0.4 is 15.8 Å². The number of piperazine rings is 1. The topological polar surface area (TPSA) is 70.5 Å². The summed E-state index contributed by atoms with van der Waals surface area (Å²) in [6, 6.07) is 5.62. The van der Waals surface area contributed by atoms with Crippen LogP contribution in [0.4, 0.5) is 14.5 Å². The highest BCUT2D eigenvalue weighted by molar-refractivity contribution is 5.81. The van der Waals surface area contributed by atoms with Crippen LogP contribution in [0.3, 0.4) is 0 Å². The van der Waals surface area contributed by atoms with E-state index in [1.54, 1.807) is 6.07 Å². The van der Waals surface area contributed by atoms with Gasteiger partial charge in [-0.1, -0.05) is 0 Å². The van der Waals surface area contributed by atoms with E-state index in [0.29, 0.717) is 17.3 Å². The van der Waals surface area contributed by atoms with Crippen molar-refractivity contribution in [2.24, 2.45) is 0 Å². The summed E-state index contributed by atoms with van der Waals surface area (Å²) in [5.74, 6) is 0.149. The van der Waals surface area contributed by atoms with Crippen molar-refractivity contribution in [2.75, 3.05) is 37.6 Å². The van der Waals surface area contributed by atoms with Gasteiger partial charge in [-0.2, -0.15) is 0 Å². The Kier molecular flexibility index (Phi) is 5.75. The molecule has 1 unspecified atom stereocenters. The lowest BCUT2D eigenvalue weighted by Crippen LogP contribution is -2.52. The maximum Gasteiger partial charge on any atom is 0.261 e. The molecule has 2 saturated heterocycles. The number of fused-ring (bicyclic) bond motifs is 1. The molecule has 29 heavy (non-hydrogen) atoms. The van der Waals surface area contributed by atoms with Gasteiger partial charge in [0.2, 0.25) is 5.91 Å². The maximum absolute atomic E-state index is 12.6. The molecule has 1 atom stereocenters. The SMILES string of the molecule is O=C1CCCC(CN2CCN(c3ccc4c(=O)n(CC(F)F)cnc4c3)CC2)N1. The molecule has 156 valence electrons. The molecule has 9 heteroatoms. The zero-order valence-corrected chi connectivity index (χ0v) is 16.2. The molecule has 1 amide bonds. The number of carbonyl (C=O) groups excluding carboxylic acids is 1. The highest BCUT2D eigenvalue weighted by atomic mass is 19.3. The largest absolute Gasteiger partial charge is 0.369 e. The van der Waals surface area contributed by atoms with Crippen LogP contribution in [0, 0.1) is 0 Å². The lowest BCUT2D eigenvalue weighted by molar-refractivity contribution is -0.123. The number of benzene rings is 1. The quantitative estimate of drug-likeness (QED) is 0.816. The highest BCUT2D eigenvalue weighted by Gasteiger charge is 2.24. The standard InChI is InChI=1S/C20H25F2N5O2/c21-18(22)12-27-13-23-17-10-15(4-5-16(17)20(27)29)26-8-6-25(7-9-26)11-14-2-1-3-19(28)24-14/h4-5,10,13-14,18H,1-3,6-9,11-12H2,(H,24,28). The first kappa shape index (κ1) is 19.8. The predicted octanol–water partition coefficient (Wildman–Crippen LogP) is 1.45. The minimum absolute atomic E-state index is 0.149. The van der Waals surface area contributed by atoms with Crippen molar-refractivity contribution in [3.63, 3.8) is 0 Å². The Morgan fingerprint density at radius 1 is 1.17 bits per heavy atom. The van der Waals surface area contributed by atoms with E-state index in [2.05, 4.69) is 20.1 Å². The molecule has 4 rings (SSSR count). The van der Waals surface area contributed by atoms with Gasteiger partial charge in [-0.3, -0.25) is 19.1 Å². The van der Waals surface area contributed by atoms with Crippen LogP contribution in [0.2, 0.25) is 0 Å². The number of hydrogen-bond donors (Lipinski definition) is 1. The number of aromatic nitrogens is 2. The van der Waals surface area contributed by atoms with Gasteiger partial charge in [0.05, 0.1) is 23.8 Å². The summed E-state index contributed by atoms with van der Waals surface area (Å²) in [4.78, 5) is 32.7. The molecule has 0 bridgehead atoms. The summed E-state index contributed by atoms with van der Waals surface area (Å²) in [5, 5.41) is 3.42. The maximum atomic E-state index is 12.6. The second-order valence-corrected chi connectivity index (χ2v) is 7.74. The number of alkyl halides is 2. The average Bonchev–Trinajstić information content (AvgIpc) is 2.70. The van der Waals surface area contributed by atoms with Crippen LogP contribution in [-0.4, -0.2) is 65.5 Å². The molecule has 0 radical (unpaired) electrons. The van der Waals surface area contributed by atoms with Crippen LogP contribution in [0.5, 0.6) is 0 Å². The Labute approximate surface area is 167 Å². The zero-order valence-electron chi connectivity index (χ0n) is 16.2. The third-order valence-electron chi connectivity index (χ3n) is 5.68. The normalized spacial score (nSPS) is 21.0. The van der Waals surface area contributed by atoms with Crippen molar-refractivity contribution >= 4 is 22.5 Å². The van der Waals surface area contributed by atoms with Crippen LogP contribution in [0.15, 0.2) is 29.3 Å². The summed E-state index contributed by atoms with van der Waals surface area (Å²) in [6.45, 7) is 3.71. The van der Waals surface area contributed by atoms with Crippen molar-refractivity contribution < 1.29 is 13.6 Å². The van der Waals surface area contributed by atoms with E-state index in [1.807, 2.05) is 12.1 Å². The molecule has 0 aliphatic carbocycles. The Morgan fingerprint density at radius 2 is 1.97 bits per heavy atom. The molecule has 2 aliphatic heterocycles. The van der Waals surface area contributed by atoms with Crippen LogP contribution in [-0.2, 0) is 11.3 Å². The van der Waals surface area contributed by atoms with E-state index in [-0.39, 0.29) is 11.9 Å². The molecule has 7 nitrogen and oxygen atoms in total. The van der Waals surface area contributed by atoms with Gasteiger partial charge in [0.15, 0.2) is 0 Å². The van der Waals surface area contributed by atoms with Gasteiger partial charge < -0.3 is 10.2 Å². The summed E-state index contributed by atoms with van der Waals surface area (Å²) >= 11 is 0. The fourth-order valence-electron chi connectivity index (χ4n) is 4.14. The number of anilines is 1. The summed E-state index contributed by atoms with van der Waals surface area (Å²) in [7, 11) is 0. The van der Waals surface area contributed by atoms with Crippen molar-refractivity contribution in [3.8, 4) is 0 Å². The fraction of sp³-hybridized carbons (Fsp3) is 0.550. The monoisotopic (exact) mass is 405 g/mol. The molecular formula is C20H25F2N5O2. The van der Waals surface area contributed by atoms with Crippen molar-refractivity contribution in [2.45, 2.75) is 38.3 Å². The zero-order chi connectivity index (χ0) is 20.4.